The number of allylic oxidation sites excluding steroid dienone is 3. The molecule has 3 fully saturated rings. The lowest BCUT2D eigenvalue weighted by Gasteiger charge is -2.39. The molecule has 0 saturated carbocycles. The van der Waals surface area contributed by atoms with Crippen LogP contribution in [0, 0.1) is 5.92 Å². The van der Waals surface area contributed by atoms with Crippen LogP contribution in [0.5, 0.6) is 0 Å². The molecule has 0 aromatic heterocycles. The third kappa shape index (κ3) is 7.68. The van der Waals surface area contributed by atoms with Gasteiger partial charge in [-0.1, -0.05) is 72.7 Å². The van der Waals surface area contributed by atoms with Crippen LogP contribution in [0.25, 0.3) is 0 Å². The first-order valence-corrected chi connectivity index (χ1v) is 25.2. The summed E-state index contributed by atoms with van der Waals surface area (Å²) < 4.78 is 7.20. The van der Waals surface area contributed by atoms with Crippen molar-refractivity contribution in [3.05, 3.63) is 113 Å². The fourth-order valence-corrected chi connectivity index (χ4v) is 13.6. The van der Waals surface area contributed by atoms with Gasteiger partial charge in [-0.2, -0.15) is 0 Å². The van der Waals surface area contributed by atoms with Crippen molar-refractivity contribution in [2.45, 2.75) is 115 Å². The molecule has 3 aromatic rings. The second-order valence-electron chi connectivity index (χ2n) is 18.8. The Morgan fingerprint density at radius 1 is 0.934 bits per heavy atom. The zero-order chi connectivity index (χ0) is 43.3. The van der Waals surface area contributed by atoms with Gasteiger partial charge in [0, 0.05) is 41.5 Å². The number of hydrogen-bond acceptors (Lipinski definition) is 8. The molecule has 5 atom stereocenters. The minimum atomic E-state index is -3.11. The standard InChI is InChI=1S/C49H63N5O6Si/c1-33(2)13-12-14-34(3)21-26-51-42-20-19-39(53-32-54(38-17-8-7-9-18-38)48(46(53)57)22-24-50-25-23-48)28-41(42)49(47(51)58)35(4)45(61(5,6)59)43(60-49)29-44(56)52-30-37-16-11-10-15-36(37)27-40(52)31-55/h7-11,13,15-21,28,35,40,43,45,50,55,59H,12,14,22-27,29-32H2,1-6H3/b34-21+/t35-,40+,43+,45-,49+/m1/s1. The molecule has 3 N–H and O–H groups in total. The van der Waals surface area contributed by atoms with Gasteiger partial charge in [-0.25, -0.2) is 0 Å². The maximum atomic E-state index is 15.4. The number of benzene rings is 3. The molecule has 3 saturated heterocycles. The van der Waals surface area contributed by atoms with Crippen molar-refractivity contribution in [2.75, 3.05) is 47.6 Å². The maximum Gasteiger partial charge on any atom is 0.264 e. The first-order chi connectivity index (χ1) is 29.2. The van der Waals surface area contributed by atoms with E-state index in [1.165, 1.54) is 11.1 Å². The van der Waals surface area contributed by atoms with Gasteiger partial charge >= 0.3 is 0 Å². The van der Waals surface area contributed by atoms with E-state index in [1.807, 2.05) is 85.6 Å². The van der Waals surface area contributed by atoms with Crippen molar-refractivity contribution in [1.29, 1.82) is 0 Å². The zero-order valence-corrected chi connectivity index (χ0v) is 37.7. The van der Waals surface area contributed by atoms with Crippen LogP contribution >= 0.6 is 0 Å². The van der Waals surface area contributed by atoms with Crippen LogP contribution in [-0.2, 0) is 37.7 Å². The fraction of sp³-hybridized carbons (Fsp3) is 0.490. The third-order valence-corrected chi connectivity index (χ3v) is 16.7. The number of anilines is 3. The van der Waals surface area contributed by atoms with Crippen molar-refractivity contribution in [1.82, 2.24) is 10.2 Å². The number of fused-ring (bicyclic) bond motifs is 3. The number of ether oxygens (including phenoxy) is 1. The fourth-order valence-electron chi connectivity index (χ4n) is 11.1. The first-order valence-electron chi connectivity index (χ1n) is 22.2. The molecule has 11 nitrogen and oxygen atoms in total. The molecule has 0 bridgehead atoms. The SMILES string of the molecule is CC(C)=CCC/C(C)=C/CN1C(=O)[C@@]2(O[C@@H](CC(=O)N3Cc4ccccc4C[C@H]3CO)[C@H]([Si](C)(C)O)[C@H]2C)c2cc(N3CN(c4ccccc4)C4(CCNCC4)C3=O)ccc21. The third-order valence-electron chi connectivity index (χ3n) is 14.2. The minimum Gasteiger partial charge on any atom is -0.432 e. The molecule has 3 aromatic carbocycles. The summed E-state index contributed by atoms with van der Waals surface area (Å²) >= 11 is 0. The highest BCUT2D eigenvalue weighted by molar-refractivity contribution is 6.71. The number of nitrogens with zero attached hydrogens (tertiary/aromatic N) is 4. The van der Waals surface area contributed by atoms with E-state index in [0.717, 1.165) is 42.7 Å². The smallest absolute Gasteiger partial charge is 0.264 e. The number of nitrogens with one attached hydrogen (secondary N) is 1. The summed E-state index contributed by atoms with van der Waals surface area (Å²) in [4.78, 5) is 64.5. The van der Waals surface area contributed by atoms with Crippen LogP contribution in [0.2, 0.25) is 18.6 Å². The molecule has 0 radical (unpaired) electrons. The normalized spacial score (nSPS) is 26.1. The van der Waals surface area contributed by atoms with Gasteiger partial charge < -0.3 is 34.7 Å². The Morgan fingerprint density at radius 2 is 1.64 bits per heavy atom. The number of para-hydroxylation sites is 1. The lowest BCUT2D eigenvalue weighted by molar-refractivity contribution is -0.150. The number of rotatable bonds is 11. The minimum absolute atomic E-state index is 0.0364. The van der Waals surface area contributed by atoms with Gasteiger partial charge in [-0.3, -0.25) is 19.3 Å². The number of aliphatic hydroxyl groups excluding tert-OH is 1. The molecule has 0 unspecified atom stereocenters. The Kier molecular flexibility index (Phi) is 12.0. The van der Waals surface area contributed by atoms with Gasteiger partial charge in [-0.15, -0.1) is 0 Å². The molecule has 12 heteroatoms. The van der Waals surface area contributed by atoms with Crippen molar-refractivity contribution < 1.29 is 29.0 Å². The Balaban J connectivity index is 1.18. The van der Waals surface area contributed by atoms with Gasteiger partial charge in [0.25, 0.3) is 11.8 Å². The van der Waals surface area contributed by atoms with Gasteiger partial charge in [0.05, 0.1) is 37.5 Å². The zero-order valence-electron chi connectivity index (χ0n) is 36.7. The van der Waals surface area contributed by atoms with E-state index < -0.39 is 37.0 Å². The van der Waals surface area contributed by atoms with Crippen molar-refractivity contribution >= 4 is 43.1 Å². The highest BCUT2D eigenvalue weighted by Crippen LogP contribution is 2.60. The summed E-state index contributed by atoms with van der Waals surface area (Å²) in [6, 6.07) is 23.6. The molecule has 5 heterocycles. The molecule has 5 aliphatic heterocycles. The Hall–Kier alpha value is -4.59. The van der Waals surface area contributed by atoms with E-state index in [2.05, 4.69) is 55.3 Å². The number of hydrogen-bond donors (Lipinski definition) is 3. The quantitative estimate of drug-likeness (QED) is 0.142. The second-order valence-corrected chi connectivity index (χ2v) is 22.8. The summed E-state index contributed by atoms with van der Waals surface area (Å²) in [5.74, 6) is -0.844. The number of aliphatic hydroxyl groups is 1. The lowest BCUT2D eigenvalue weighted by atomic mass is 9.82. The van der Waals surface area contributed by atoms with Crippen LogP contribution in [0.4, 0.5) is 17.1 Å². The molecule has 2 spiro atoms. The number of carbonyl (C=O) groups is 3. The number of amides is 3. The summed E-state index contributed by atoms with van der Waals surface area (Å²) in [5, 5.41) is 13.9. The Labute approximate surface area is 362 Å². The summed E-state index contributed by atoms with van der Waals surface area (Å²) in [7, 11) is -3.11. The average Bonchev–Trinajstić information content (AvgIpc) is 3.79. The Bertz CT molecular complexity index is 2210. The monoisotopic (exact) mass is 845 g/mol. The molecule has 324 valence electrons. The predicted octanol–water partition coefficient (Wildman–Crippen LogP) is 6.79. The summed E-state index contributed by atoms with van der Waals surface area (Å²) in [5.41, 5.74) is 5.00. The van der Waals surface area contributed by atoms with E-state index >= 15 is 4.79 Å². The van der Waals surface area contributed by atoms with E-state index in [4.69, 9.17) is 4.74 Å². The van der Waals surface area contributed by atoms with Crippen LogP contribution in [0.1, 0.15) is 76.5 Å². The van der Waals surface area contributed by atoms with Crippen molar-refractivity contribution in [2.24, 2.45) is 5.92 Å². The average molecular weight is 846 g/mol. The van der Waals surface area contributed by atoms with E-state index in [0.29, 0.717) is 56.0 Å². The first kappa shape index (κ1) is 43.1. The second kappa shape index (κ2) is 16.9. The highest BCUT2D eigenvalue weighted by atomic mass is 28.4. The molecule has 8 rings (SSSR count). The van der Waals surface area contributed by atoms with Crippen molar-refractivity contribution in [3.8, 4) is 0 Å². The molecule has 61 heavy (non-hydrogen) atoms. The number of piperidine rings is 1. The highest BCUT2D eigenvalue weighted by Gasteiger charge is 2.67. The van der Waals surface area contributed by atoms with Gasteiger partial charge in [0.2, 0.25) is 5.91 Å². The van der Waals surface area contributed by atoms with Crippen LogP contribution in [-0.4, -0.2) is 91.4 Å². The molecule has 0 aliphatic carbocycles. The van der Waals surface area contributed by atoms with E-state index in [9.17, 15) is 19.5 Å². The van der Waals surface area contributed by atoms with Gasteiger partial charge in [-0.05, 0) is 121 Å². The van der Waals surface area contributed by atoms with E-state index in [1.54, 1.807) is 9.80 Å². The van der Waals surface area contributed by atoms with Crippen molar-refractivity contribution in [3.63, 3.8) is 0 Å². The topological polar surface area (TPSA) is 126 Å². The van der Waals surface area contributed by atoms with Gasteiger partial charge in [0.1, 0.15) is 5.54 Å². The van der Waals surface area contributed by atoms with Gasteiger partial charge in [0.15, 0.2) is 13.9 Å². The van der Waals surface area contributed by atoms with Crippen LogP contribution in [0.3, 0.4) is 0 Å². The molecular formula is C49H63N5O6Si. The van der Waals surface area contributed by atoms with Crippen LogP contribution < -0.4 is 20.0 Å². The Morgan fingerprint density at radius 3 is 2.33 bits per heavy atom. The molecule has 5 aliphatic rings. The lowest BCUT2D eigenvalue weighted by Crippen LogP contribution is -2.55. The predicted molar refractivity (Wildman–Crippen MR) is 243 cm³/mol. The van der Waals surface area contributed by atoms with E-state index in [-0.39, 0.29) is 36.8 Å². The summed E-state index contributed by atoms with van der Waals surface area (Å²) in [6.07, 6.45) is 7.22. The molecular weight excluding hydrogens is 783 g/mol. The maximum absolute atomic E-state index is 15.4. The summed E-state index contributed by atoms with van der Waals surface area (Å²) in [6.45, 7) is 14.4. The number of carbonyl (C=O) groups excluding carboxylic acids is 3. The van der Waals surface area contributed by atoms with Crippen LogP contribution in [0.15, 0.2) is 96.1 Å². The molecule has 3 amide bonds. The largest absolute Gasteiger partial charge is 0.432 e.